The Bertz CT molecular complexity index is 1420. The molecule has 0 aliphatic rings. The van der Waals surface area contributed by atoms with Crippen LogP contribution in [-0.4, -0.2) is 42.2 Å². The highest BCUT2D eigenvalue weighted by Gasteiger charge is 2.31. The summed E-state index contributed by atoms with van der Waals surface area (Å²) in [7, 11) is 0.00107. The molecule has 0 aromatic heterocycles. The fraction of sp³-hybridized carbons (Fsp3) is 0.345. The number of amides is 1. The van der Waals surface area contributed by atoms with Gasteiger partial charge in [-0.15, -0.1) is 0 Å². The van der Waals surface area contributed by atoms with Crippen LogP contribution < -0.4 is 23.8 Å². The number of nitrogens with one attached hydrogen (secondary N) is 1. The van der Waals surface area contributed by atoms with E-state index in [4.69, 9.17) is 25.8 Å². The summed E-state index contributed by atoms with van der Waals surface area (Å²) in [5.74, 6) is 0.330. The smallest absolute Gasteiger partial charge is 0.265 e. The number of rotatable bonds is 10. The molecule has 0 radical (unpaired) electrons. The van der Waals surface area contributed by atoms with E-state index in [1.165, 1.54) is 51.2 Å². The molecule has 0 saturated heterocycles. The normalized spacial score (nSPS) is 12.4. The number of carbonyl (C=O) groups excluding carboxylic acids is 1. The van der Waals surface area contributed by atoms with Crippen molar-refractivity contribution in [3.63, 3.8) is 0 Å². The maximum absolute atomic E-state index is 14.0. The molecule has 1 N–H and O–H groups in total. The van der Waals surface area contributed by atoms with Crippen LogP contribution in [-0.2, 0) is 20.2 Å². The minimum Gasteiger partial charge on any atom is -0.495 e. The molecule has 3 aromatic carbocycles. The average molecular weight is 575 g/mol. The Morgan fingerprint density at radius 3 is 2.05 bits per heavy atom. The molecule has 0 aliphatic heterocycles. The van der Waals surface area contributed by atoms with E-state index in [0.29, 0.717) is 5.75 Å². The van der Waals surface area contributed by atoms with Crippen molar-refractivity contribution in [3.05, 3.63) is 76.8 Å². The number of carbonyl (C=O) groups is 1. The van der Waals surface area contributed by atoms with Crippen molar-refractivity contribution in [2.24, 2.45) is 0 Å². The molecule has 210 valence electrons. The molecule has 0 fully saturated rings. The van der Waals surface area contributed by atoms with E-state index in [1.807, 2.05) is 31.2 Å². The van der Waals surface area contributed by atoms with Crippen LogP contribution in [0.25, 0.3) is 0 Å². The summed E-state index contributed by atoms with van der Waals surface area (Å²) < 4.78 is 44.8. The van der Waals surface area contributed by atoms with Gasteiger partial charge in [0.15, 0.2) is 11.5 Å². The van der Waals surface area contributed by atoms with Gasteiger partial charge in [-0.05, 0) is 53.8 Å². The molecule has 3 aromatic rings. The first kappa shape index (κ1) is 30.1. The third-order valence-electron chi connectivity index (χ3n) is 6.29. The number of sulfonamides is 1. The van der Waals surface area contributed by atoms with Gasteiger partial charge < -0.3 is 19.5 Å². The number of hydrogen-bond acceptors (Lipinski definition) is 6. The largest absolute Gasteiger partial charge is 0.495 e. The summed E-state index contributed by atoms with van der Waals surface area (Å²) in [4.78, 5) is 13.2. The molecule has 3 rings (SSSR count). The summed E-state index contributed by atoms with van der Waals surface area (Å²) in [5, 5.41) is 3.19. The van der Waals surface area contributed by atoms with Crippen molar-refractivity contribution in [1.29, 1.82) is 0 Å². The second-order valence-corrected chi connectivity index (χ2v) is 12.3. The molecule has 1 amide bonds. The Morgan fingerprint density at radius 2 is 1.49 bits per heavy atom. The van der Waals surface area contributed by atoms with Crippen LogP contribution in [0.5, 0.6) is 17.2 Å². The van der Waals surface area contributed by atoms with E-state index in [0.717, 1.165) is 9.87 Å². The zero-order valence-electron chi connectivity index (χ0n) is 23.2. The monoisotopic (exact) mass is 574 g/mol. The lowest BCUT2D eigenvalue weighted by atomic mass is 9.86. The van der Waals surface area contributed by atoms with Gasteiger partial charge in [0.1, 0.15) is 12.3 Å². The van der Waals surface area contributed by atoms with Crippen molar-refractivity contribution in [2.75, 3.05) is 32.2 Å². The van der Waals surface area contributed by atoms with Crippen molar-refractivity contribution in [3.8, 4) is 17.2 Å². The number of halogens is 1. The van der Waals surface area contributed by atoms with Gasteiger partial charge in [0, 0.05) is 11.1 Å². The highest BCUT2D eigenvalue weighted by Crippen LogP contribution is 2.37. The Hall–Kier alpha value is -3.43. The van der Waals surface area contributed by atoms with Crippen LogP contribution in [0, 0.1) is 0 Å². The van der Waals surface area contributed by atoms with Gasteiger partial charge in [0.2, 0.25) is 5.91 Å². The van der Waals surface area contributed by atoms with Crippen LogP contribution in [0.3, 0.4) is 0 Å². The van der Waals surface area contributed by atoms with Gasteiger partial charge in [0.05, 0.1) is 38.0 Å². The third kappa shape index (κ3) is 6.96. The van der Waals surface area contributed by atoms with Crippen molar-refractivity contribution in [2.45, 2.75) is 44.0 Å². The number of hydrogen-bond donors (Lipinski definition) is 1. The minimum absolute atomic E-state index is 0.0000278. The Kier molecular flexibility index (Phi) is 9.40. The SMILES string of the molecule is COc1ccc(S(=O)(=O)N(CC(=O)N[C@H](C)c2ccc(C(C)(C)C)cc2)c2cc(Cl)ccc2OC)cc1OC. The van der Waals surface area contributed by atoms with Gasteiger partial charge in [-0.2, -0.15) is 0 Å². The zero-order chi connectivity index (χ0) is 29.0. The average Bonchev–Trinajstić information content (AvgIpc) is 2.90. The number of nitrogens with zero attached hydrogens (tertiary/aromatic N) is 1. The number of methoxy groups -OCH3 is 3. The molecule has 10 heteroatoms. The van der Waals surface area contributed by atoms with E-state index >= 15 is 0 Å². The van der Waals surface area contributed by atoms with E-state index in [1.54, 1.807) is 12.1 Å². The Labute approximate surface area is 235 Å². The highest BCUT2D eigenvalue weighted by atomic mass is 35.5. The second-order valence-electron chi connectivity index (χ2n) is 10.0. The molecular weight excluding hydrogens is 540 g/mol. The van der Waals surface area contributed by atoms with Crippen LogP contribution in [0.2, 0.25) is 5.02 Å². The van der Waals surface area contributed by atoms with Gasteiger partial charge in [-0.25, -0.2) is 8.42 Å². The van der Waals surface area contributed by atoms with Gasteiger partial charge in [-0.1, -0.05) is 56.6 Å². The molecule has 0 spiro atoms. The molecular formula is C29H35ClN2O6S. The minimum atomic E-state index is -4.28. The van der Waals surface area contributed by atoms with Gasteiger partial charge in [-0.3, -0.25) is 9.10 Å². The summed E-state index contributed by atoms with van der Waals surface area (Å²) in [5.41, 5.74) is 2.19. The Morgan fingerprint density at radius 1 is 0.897 bits per heavy atom. The predicted octanol–water partition coefficient (Wildman–Crippen LogP) is 5.74. The van der Waals surface area contributed by atoms with Gasteiger partial charge in [0.25, 0.3) is 10.0 Å². The lowest BCUT2D eigenvalue weighted by Crippen LogP contribution is -2.41. The molecule has 0 heterocycles. The van der Waals surface area contributed by atoms with Crippen LogP contribution in [0.15, 0.2) is 65.6 Å². The quantitative estimate of drug-likeness (QED) is 0.332. The van der Waals surface area contributed by atoms with Crippen molar-refractivity contribution in [1.82, 2.24) is 5.32 Å². The molecule has 1 atom stereocenters. The maximum atomic E-state index is 14.0. The van der Waals surface area contributed by atoms with Crippen LogP contribution in [0.1, 0.15) is 44.9 Å². The van der Waals surface area contributed by atoms with Crippen molar-refractivity contribution >= 4 is 33.2 Å². The summed E-state index contributed by atoms with van der Waals surface area (Å²) in [6.07, 6.45) is 0. The number of benzene rings is 3. The number of ether oxygens (including phenoxy) is 3. The third-order valence-corrected chi connectivity index (χ3v) is 8.28. The fourth-order valence-corrected chi connectivity index (χ4v) is 5.64. The molecule has 0 bridgehead atoms. The maximum Gasteiger partial charge on any atom is 0.265 e. The molecule has 0 aliphatic carbocycles. The fourth-order valence-electron chi connectivity index (χ4n) is 4.03. The molecule has 0 saturated carbocycles. The topological polar surface area (TPSA) is 94.2 Å². The first-order valence-corrected chi connectivity index (χ1v) is 14.1. The molecule has 8 nitrogen and oxygen atoms in total. The Balaban J connectivity index is 1.98. The zero-order valence-corrected chi connectivity index (χ0v) is 24.8. The van der Waals surface area contributed by atoms with E-state index in [-0.39, 0.29) is 38.6 Å². The number of anilines is 1. The summed E-state index contributed by atoms with van der Waals surface area (Å²) in [6, 6.07) is 16.4. The van der Waals surface area contributed by atoms with E-state index in [2.05, 4.69) is 26.1 Å². The van der Waals surface area contributed by atoms with Crippen LogP contribution >= 0.6 is 11.6 Å². The predicted molar refractivity (Wildman–Crippen MR) is 154 cm³/mol. The first-order chi connectivity index (χ1) is 18.3. The van der Waals surface area contributed by atoms with Gasteiger partial charge >= 0.3 is 0 Å². The highest BCUT2D eigenvalue weighted by molar-refractivity contribution is 7.92. The second kappa shape index (κ2) is 12.2. The molecule has 0 unspecified atom stereocenters. The standard InChI is InChI=1S/C29H35ClN2O6S/c1-19(20-8-10-21(11-9-20)29(2,3)4)31-28(33)18-32(24-16-22(30)12-14-25(24)36-5)39(34,35)23-13-15-26(37-6)27(17-23)38-7/h8-17,19H,18H2,1-7H3,(H,31,33)/t19-/m1/s1. The molecule has 39 heavy (non-hydrogen) atoms. The van der Waals surface area contributed by atoms with E-state index in [9.17, 15) is 13.2 Å². The van der Waals surface area contributed by atoms with Crippen LogP contribution in [0.4, 0.5) is 5.69 Å². The first-order valence-electron chi connectivity index (χ1n) is 12.3. The lowest BCUT2D eigenvalue weighted by molar-refractivity contribution is -0.120. The van der Waals surface area contributed by atoms with E-state index < -0.39 is 22.5 Å². The lowest BCUT2D eigenvalue weighted by Gasteiger charge is -2.27. The van der Waals surface area contributed by atoms with Crippen molar-refractivity contribution < 1.29 is 27.4 Å². The summed E-state index contributed by atoms with van der Waals surface area (Å²) >= 11 is 6.23. The summed E-state index contributed by atoms with van der Waals surface area (Å²) in [6.45, 7) is 7.72.